The van der Waals surface area contributed by atoms with E-state index in [9.17, 15) is 26.4 Å². The van der Waals surface area contributed by atoms with Crippen molar-refractivity contribution < 1.29 is 31.5 Å². The smallest absolute Gasteiger partial charge is 0.481 e. The van der Waals surface area contributed by atoms with Gasteiger partial charge in [0.05, 0.1) is 12.1 Å². The molecule has 6 nitrogen and oxygen atoms in total. The number of aromatic nitrogens is 1. The molecule has 1 rings (SSSR count). The number of nitrogens with one attached hydrogen (secondary N) is 1. The predicted molar refractivity (Wildman–Crippen MR) is 52.1 cm³/mol. The second kappa shape index (κ2) is 4.49. The molecule has 0 aliphatic rings. The number of anilines is 1. The second-order valence-electron chi connectivity index (χ2n) is 2.77. The molecule has 0 aliphatic carbocycles. The van der Waals surface area contributed by atoms with E-state index in [1.165, 1.54) is 4.72 Å². The summed E-state index contributed by atoms with van der Waals surface area (Å²) in [7, 11) is -5.52. The Morgan fingerprint density at radius 1 is 1.53 bits per heavy atom. The van der Waals surface area contributed by atoms with Gasteiger partial charge in [-0.15, -0.1) is 11.3 Å². The third kappa shape index (κ3) is 3.56. The van der Waals surface area contributed by atoms with Gasteiger partial charge in [-0.25, -0.2) is 4.98 Å². The number of carbonyl (C=O) groups is 1. The second-order valence-corrected chi connectivity index (χ2v) is 5.30. The molecule has 1 aromatic rings. The summed E-state index contributed by atoms with van der Waals surface area (Å²) >= 11 is 0.570. The van der Waals surface area contributed by atoms with Crippen molar-refractivity contribution in [2.24, 2.45) is 0 Å². The van der Waals surface area contributed by atoms with Gasteiger partial charge in [-0.05, 0) is 0 Å². The Hall–Kier alpha value is -1.36. The van der Waals surface area contributed by atoms with E-state index in [4.69, 9.17) is 5.11 Å². The van der Waals surface area contributed by atoms with Gasteiger partial charge in [0.2, 0.25) is 0 Å². The number of carboxylic acid groups (broad SMARTS) is 1. The Balaban J connectivity index is 2.84. The summed E-state index contributed by atoms with van der Waals surface area (Å²) in [6, 6.07) is 0. The van der Waals surface area contributed by atoms with Crippen molar-refractivity contribution in [2.75, 3.05) is 4.72 Å². The molecular formula is C6H5F3N2O4S2. The Morgan fingerprint density at radius 3 is 2.59 bits per heavy atom. The van der Waals surface area contributed by atoms with Crippen molar-refractivity contribution in [3.05, 3.63) is 11.1 Å². The first-order chi connectivity index (χ1) is 7.62. The van der Waals surface area contributed by atoms with Gasteiger partial charge in [0.1, 0.15) is 0 Å². The highest BCUT2D eigenvalue weighted by atomic mass is 32.2. The largest absolute Gasteiger partial charge is 0.516 e. The fourth-order valence-electron chi connectivity index (χ4n) is 0.763. The third-order valence-corrected chi connectivity index (χ3v) is 3.42. The number of thiazole rings is 1. The standard InChI is InChI=1S/C6H5F3N2O4S2/c7-6(8,9)17(14,15)11-5-10-3(2-16-5)1-4(12)13/h2H,1H2,(H,10,11)(H,12,13). The minimum absolute atomic E-state index is 0.0256. The first-order valence-electron chi connectivity index (χ1n) is 3.87. The van der Waals surface area contributed by atoms with Crippen molar-refractivity contribution in [3.63, 3.8) is 0 Å². The summed E-state index contributed by atoms with van der Waals surface area (Å²) in [5.41, 5.74) is -5.46. The summed E-state index contributed by atoms with van der Waals surface area (Å²) in [4.78, 5) is 13.7. The highest BCUT2D eigenvalue weighted by Crippen LogP contribution is 2.26. The van der Waals surface area contributed by atoms with Gasteiger partial charge in [0, 0.05) is 5.38 Å². The lowest BCUT2D eigenvalue weighted by molar-refractivity contribution is -0.136. The Bertz CT molecular complexity index is 522. The molecule has 0 amide bonds. The molecule has 0 aliphatic heterocycles. The molecule has 0 fully saturated rings. The molecule has 0 unspecified atom stereocenters. The summed E-state index contributed by atoms with van der Waals surface area (Å²) in [6.07, 6.45) is -0.496. The number of aliphatic carboxylic acids is 1. The molecule has 0 saturated heterocycles. The maximum absolute atomic E-state index is 12.0. The van der Waals surface area contributed by atoms with Crippen molar-refractivity contribution in [1.82, 2.24) is 4.98 Å². The number of alkyl halides is 3. The van der Waals surface area contributed by atoms with E-state index in [2.05, 4.69) is 4.98 Å². The number of nitrogens with zero attached hydrogens (tertiary/aromatic N) is 1. The zero-order valence-electron chi connectivity index (χ0n) is 7.85. The van der Waals surface area contributed by atoms with Gasteiger partial charge in [0.15, 0.2) is 5.13 Å². The van der Waals surface area contributed by atoms with Crippen LogP contribution in [0.15, 0.2) is 5.38 Å². The molecular weight excluding hydrogens is 285 g/mol. The van der Waals surface area contributed by atoms with Gasteiger partial charge >= 0.3 is 21.5 Å². The van der Waals surface area contributed by atoms with Crippen LogP contribution in [0, 0.1) is 0 Å². The Kier molecular flexibility index (Phi) is 3.62. The van der Waals surface area contributed by atoms with Crippen LogP contribution in [0.4, 0.5) is 18.3 Å². The fraction of sp³-hybridized carbons (Fsp3) is 0.333. The molecule has 17 heavy (non-hydrogen) atoms. The van der Waals surface area contributed by atoms with E-state index in [1.54, 1.807) is 0 Å². The Labute approximate surface area is 97.1 Å². The maximum Gasteiger partial charge on any atom is 0.516 e. The van der Waals surface area contributed by atoms with Gasteiger partial charge in [-0.3, -0.25) is 9.52 Å². The zero-order chi connectivity index (χ0) is 13.3. The predicted octanol–water partition coefficient (Wildman–Crippen LogP) is 1.03. The fourth-order valence-corrected chi connectivity index (χ4v) is 2.23. The van der Waals surface area contributed by atoms with Gasteiger partial charge in [0.25, 0.3) is 0 Å². The lowest BCUT2D eigenvalue weighted by Crippen LogP contribution is -2.29. The molecule has 11 heteroatoms. The molecule has 0 bridgehead atoms. The molecule has 0 radical (unpaired) electrons. The first kappa shape index (κ1) is 13.7. The number of carboxylic acids is 1. The van der Waals surface area contributed by atoms with Crippen LogP contribution in [-0.2, 0) is 21.2 Å². The summed E-state index contributed by atoms with van der Waals surface area (Å²) in [5.74, 6) is -1.22. The van der Waals surface area contributed by atoms with E-state index < -0.39 is 33.1 Å². The lowest BCUT2D eigenvalue weighted by Gasteiger charge is -2.07. The van der Waals surface area contributed by atoms with E-state index in [1.807, 2.05) is 0 Å². The van der Waals surface area contributed by atoms with Gasteiger partial charge < -0.3 is 5.11 Å². The monoisotopic (exact) mass is 290 g/mol. The normalized spacial score (nSPS) is 12.4. The van der Waals surface area contributed by atoms with Crippen molar-refractivity contribution in [3.8, 4) is 0 Å². The summed E-state index contributed by atoms with van der Waals surface area (Å²) in [5, 5.41) is 9.01. The molecule has 1 aromatic heterocycles. The van der Waals surface area contributed by atoms with Crippen LogP contribution in [0.2, 0.25) is 0 Å². The van der Waals surface area contributed by atoms with Crippen LogP contribution >= 0.6 is 11.3 Å². The highest BCUT2D eigenvalue weighted by Gasteiger charge is 2.46. The maximum atomic E-state index is 12.0. The van der Waals surface area contributed by atoms with Crippen molar-refractivity contribution >= 4 is 32.5 Å². The molecule has 0 spiro atoms. The van der Waals surface area contributed by atoms with Crippen LogP contribution in [0.5, 0.6) is 0 Å². The van der Waals surface area contributed by atoms with Gasteiger partial charge in [-0.2, -0.15) is 21.6 Å². The average molecular weight is 290 g/mol. The van der Waals surface area contributed by atoms with Crippen molar-refractivity contribution in [1.29, 1.82) is 0 Å². The molecule has 96 valence electrons. The number of halogens is 3. The lowest BCUT2D eigenvalue weighted by atomic mass is 10.3. The van der Waals surface area contributed by atoms with Crippen LogP contribution < -0.4 is 4.72 Å². The zero-order valence-corrected chi connectivity index (χ0v) is 9.49. The van der Waals surface area contributed by atoms with E-state index in [0.717, 1.165) is 5.38 Å². The van der Waals surface area contributed by atoms with Crippen LogP contribution in [0.25, 0.3) is 0 Å². The third-order valence-electron chi connectivity index (χ3n) is 1.41. The topological polar surface area (TPSA) is 96.4 Å². The highest BCUT2D eigenvalue weighted by molar-refractivity contribution is 7.93. The molecule has 0 atom stereocenters. The first-order valence-corrected chi connectivity index (χ1v) is 6.23. The van der Waals surface area contributed by atoms with Gasteiger partial charge in [-0.1, -0.05) is 0 Å². The van der Waals surface area contributed by atoms with Crippen LogP contribution in [-0.4, -0.2) is 30.0 Å². The molecule has 2 N–H and O–H groups in total. The molecule has 1 heterocycles. The number of rotatable bonds is 4. The summed E-state index contributed by atoms with van der Waals surface area (Å²) < 4.78 is 58.5. The quantitative estimate of drug-likeness (QED) is 0.863. The average Bonchev–Trinajstić information content (AvgIpc) is 2.48. The number of sulfonamides is 1. The summed E-state index contributed by atoms with van der Waals surface area (Å²) in [6.45, 7) is 0. The SMILES string of the molecule is O=C(O)Cc1csc(NS(=O)(=O)C(F)(F)F)n1. The number of hydrogen-bond donors (Lipinski definition) is 2. The Morgan fingerprint density at radius 2 is 2.12 bits per heavy atom. The minimum atomic E-state index is -5.52. The minimum Gasteiger partial charge on any atom is -0.481 e. The molecule has 0 aromatic carbocycles. The molecule has 0 saturated carbocycles. The van der Waals surface area contributed by atoms with Crippen LogP contribution in [0.1, 0.15) is 5.69 Å². The van der Waals surface area contributed by atoms with E-state index in [-0.39, 0.29) is 5.69 Å². The van der Waals surface area contributed by atoms with E-state index >= 15 is 0 Å². The van der Waals surface area contributed by atoms with Crippen molar-refractivity contribution in [2.45, 2.75) is 11.9 Å². The van der Waals surface area contributed by atoms with E-state index in [0.29, 0.717) is 11.3 Å². The number of hydrogen-bond acceptors (Lipinski definition) is 5. The van der Waals surface area contributed by atoms with Crippen LogP contribution in [0.3, 0.4) is 0 Å².